The zero-order valence-electron chi connectivity index (χ0n) is 9.99. The Morgan fingerprint density at radius 1 is 1.20 bits per heavy atom. The maximum absolute atomic E-state index is 6.02. The summed E-state index contributed by atoms with van der Waals surface area (Å²) in [5.74, 6) is 0. The van der Waals surface area contributed by atoms with Crippen LogP contribution in [-0.2, 0) is 0 Å². The van der Waals surface area contributed by atoms with E-state index in [4.69, 9.17) is 5.73 Å². The number of hydrogen-bond acceptors (Lipinski definition) is 3. The minimum Gasteiger partial charge on any atom is -0.327 e. The zero-order valence-corrected chi connectivity index (χ0v) is 9.99. The molecule has 2 saturated heterocycles. The first-order chi connectivity index (χ1) is 7.25. The number of nitrogens with zero attached hydrogens (tertiary/aromatic N) is 2. The van der Waals surface area contributed by atoms with Gasteiger partial charge < -0.3 is 10.6 Å². The van der Waals surface area contributed by atoms with Crippen LogP contribution in [0.25, 0.3) is 0 Å². The van der Waals surface area contributed by atoms with E-state index in [1.54, 1.807) is 0 Å². The molecule has 0 aromatic carbocycles. The first-order valence-corrected chi connectivity index (χ1v) is 6.47. The average Bonchev–Trinajstić information content (AvgIpc) is 2.70. The molecule has 2 rings (SSSR count). The van der Waals surface area contributed by atoms with E-state index in [0.29, 0.717) is 12.1 Å². The normalized spacial score (nSPS) is 32.0. The van der Waals surface area contributed by atoms with Gasteiger partial charge in [-0.2, -0.15) is 0 Å². The molecule has 2 aliphatic rings. The van der Waals surface area contributed by atoms with Gasteiger partial charge in [0.15, 0.2) is 0 Å². The van der Waals surface area contributed by atoms with Crippen LogP contribution in [0, 0.1) is 0 Å². The van der Waals surface area contributed by atoms with Crippen molar-refractivity contribution in [3.63, 3.8) is 0 Å². The Hall–Kier alpha value is -0.120. The fraction of sp³-hybridized carbons (Fsp3) is 1.00. The highest BCUT2D eigenvalue weighted by Gasteiger charge is 2.23. The molecule has 3 heteroatoms. The Balaban J connectivity index is 1.76. The number of rotatable bonds is 3. The molecule has 2 heterocycles. The second-order valence-electron chi connectivity index (χ2n) is 5.25. The van der Waals surface area contributed by atoms with E-state index in [0.717, 1.165) is 6.54 Å². The molecule has 2 unspecified atom stereocenters. The van der Waals surface area contributed by atoms with Gasteiger partial charge in [0.25, 0.3) is 0 Å². The summed E-state index contributed by atoms with van der Waals surface area (Å²) < 4.78 is 0. The summed E-state index contributed by atoms with van der Waals surface area (Å²) in [6.07, 6.45) is 5.29. The quantitative estimate of drug-likeness (QED) is 0.752. The lowest BCUT2D eigenvalue weighted by Gasteiger charge is -2.37. The lowest BCUT2D eigenvalue weighted by atomic mass is 10.0. The third-order valence-electron chi connectivity index (χ3n) is 3.83. The summed E-state index contributed by atoms with van der Waals surface area (Å²) >= 11 is 0. The fourth-order valence-electron chi connectivity index (χ4n) is 2.90. The molecule has 0 aromatic heterocycles. The van der Waals surface area contributed by atoms with Gasteiger partial charge in [-0.1, -0.05) is 0 Å². The molecule has 0 radical (unpaired) electrons. The summed E-state index contributed by atoms with van der Waals surface area (Å²) in [6.45, 7) is 8.58. The van der Waals surface area contributed by atoms with E-state index in [9.17, 15) is 0 Å². The van der Waals surface area contributed by atoms with Gasteiger partial charge in [-0.15, -0.1) is 0 Å². The number of nitrogens with two attached hydrogens (primary N) is 1. The van der Waals surface area contributed by atoms with Crippen molar-refractivity contribution in [2.45, 2.75) is 44.7 Å². The SMILES string of the molecule is CC(CN1CCCC1)N1CCCC(N)C1. The summed E-state index contributed by atoms with van der Waals surface area (Å²) in [5, 5.41) is 0. The van der Waals surface area contributed by atoms with Crippen molar-refractivity contribution in [1.82, 2.24) is 9.80 Å². The Morgan fingerprint density at radius 3 is 2.60 bits per heavy atom. The first kappa shape index (κ1) is 11.4. The lowest BCUT2D eigenvalue weighted by Crippen LogP contribution is -2.50. The molecular weight excluding hydrogens is 186 g/mol. The van der Waals surface area contributed by atoms with Gasteiger partial charge in [-0.05, 0) is 52.2 Å². The molecule has 3 nitrogen and oxygen atoms in total. The molecule has 2 aliphatic heterocycles. The first-order valence-electron chi connectivity index (χ1n) is 6.47. The Bertz CT molecular complexity index is 189. The smallest absolute Gasteiger partial charge is 0.0195 e. The van der Waals surface area contributed by atoms with Gasteiger partial charge in [-0.3, -0.25) is 4.90 Å². The van der Waals surface area contributed by atoms with Crippen LogP contribution in [0.5, 0.6) is 0 Å². The molecule has 0 spiro atoms. The molecule has 2 N–H and O–H groups in total. The third kappa shape index (κ3) is 3.16. The van der Waals surface area contributed by atoms with Crippen LogP contribution in [0.3, 0.4) is 0 Å². The van der Waals surface area contributed by atoms with E-state index in [2.05, 4.69) is 16.7 Å². The minimum atomic E-state index is 0.416. The number of likely N-dealkylation sites (tertiary alicyclic amines) is 2. The second-order valence-corrected chi connectivity index (χ2v) is 5.25. The zero-order chi connectivity index (χ0) is 10.7. The molecule has 0 bridgehead atoms. The molecular formula is C12H25N3. The number of piperidine rings is 1. The summed E-state index contributed by atoms with van der Waals surface area (Å²) in [4.78, 5) is 5.18. The summed E-state index contributed by atoms with van der Waals surface area (Å²) in [7, 11) is 0. The highest BCUT2D eigenvalue weighted by Crippen LogP contribution is 2.14. The molecule has 88 valence electrons. The van der Waals surface area contributed by atoms with Crippen molar-refractivity contribution in [1.29, 1.82) is 0 Å². The van der Waals surface area contributed by atoms with Gasteiger partial charge in [0.1, 0.15) is 0 Å². The Labute approximate surface area is 93.6 Å². The van der Waals surface area contributed by atoms with Gasteiger partial charge in [0.05, 0.1) is 0 Å². The van der Waals surface area contributed by atoms with Gasteiger partial charge in [0.2, 0.25) is 0 Å². The van der Waals surface area contributed by atoms with E-state index in [1.165, 1.54) is 51.9 Å². The monoisotopic (exact) mass is 211 g/mol. The van der Waals surface area contributed by atoms with E-state index in [1.807, 2.05) is 0 Å². The van der Waals surface area contributed by atoms with Gasteiger partial charge in [-0.25, -0.2) is 0 Å². The van der Waals surface area contributed by atoms with Gasteiger partial charge >= 0.3 is 0 Å². The van der Waals surface area contributed by atoms with Crippen LogP contribution in [-0.4, -0.2) is 54.6 Å². The largest absolute Gasteiger partial charge is 0.327 e. The van der Waals surface area contributed by atoms with E-state index >= 15 is 0 Å². The number of hydrogen-bond donors (Lipinski definition) is 1. The molecule has 0 aliphatic carbocycles. The molecule has 0 aromatic rings. The topological polar surface area (TPSA) is 32.5 Å². The van der Waals surface area contributed by atoms with Gasteiger partial charge in [0, 0.05) is 25.2 Å². The third-order valence-corrected chi connectivity index (χ3v) is 3.83. The maximum Gasteiger partial charge on any atom is 0.0195 e. The van der Waals surface area contributed by atoms with E-state index in [-0.39, 0.29) is 0 Å². The van der Waals surface area contributed by atoms with Crippen molar-refractivity contribution in [2.24, 2.45) is 5.73 Å². The van der Waals surface area contributed by atoms with Crippen LogP contribution in [0.1, 0.15) is 32.6 Å². The van der Waals surface area contributed by atoms with Crippen molar-refractivity contribution in [3.05, 3.63) is 0 Å². The van der Waals surface area contributed by atoms with Crippen LogP contribution >= 0.6 is 0 Å². The molecule has 2 fully saturated rings. The highest BCUT2D eigenvalue weighted by atomic mass is 15.2. The molecule has 0 amide bonds. The van der Waals surface area contributed by atoms with Crippen LogP contribution < -0.4 is 5.73 Å². The second kappa shape index (κ2) is 5.28. The minimum absolute atomic E-state index is 0.416. The maximum atomic E-state index is 6.02. The van der Waals surface area contributed by atoms with Crippen molar-refractivity contribution in [2.75, 3.05) is 32.7 Å². The molecule has 15 heavy (non-hydrogen) atoms. The molecule has 0 saturated carbocycles. The predicted molar refractivity (Wildman–Crippen MR) is 63.9 cm³/mol. The Morgan fingerprint density at radius 2 is 1.93 bits per heavy atom. The summed E-state index contributed by atoms with van der Waals surface area (Å²) in [6, 6.07) is 1.11. The van der Waals surface area contributed by atoms with Crippen molar-refractivity contribution < 1.29 is 0 Å². The molecule has 2 atom stereocenters. The van der Waals surface area contributed by atoms with E-state index < -0.39 is 0 Å². The van der Waals surface area contributed by atoms with Crippen molar-refractivity contribution in [3.8, 4) is 0 Å². The fourth-order valence-corrected chi connectivity index (χ4v) is 2.90. The average molecular weight is 211 g/mol. The van der Waals surface area contributed by atoms with Crippen LogP contribution in [0.4, 0.5) is 0 Å². The highest BCUT2D eigenvalue weighted by molar-refractivity contribution is 4.81. The Kier molecular flexibility index (Phi) is 4.00. The standard InChI is InChI=1S/C12H25N3/c1-11(9-14-6-2-3-7-14)15-8-4-5-12(13)10-15/h11-12H,2-10,13H2,1H3. The van der Waals surface area contributed by atoms with Crippen molar-refractivity contribution >= 4 is 0 Å². The predicted octanol–water partition coefficient (Wildman–Crippen LogP) is 0.894. The summed E-state index contributed by atoms with van der Waals surface area (Å²) in [5.41, 5.74) is 6.02. The van der Waals surface area contributed by atoms with Crippen LogP contribution in [0.15, 0.2) is 0 Å². The van der Waals surface area contributed by atoms with Crippen LogP contribution in [0.2, 0.25) is 0 Å². The lowest BCUT2D eigenvalue weighted by molar-refractivity contribution is 0.128.